The minimum Gasteiger partial charge on any atom is -0.306 e. The summed E-state index contributed by atoms with van der Waals surface area (Å²) in [6, 6.07) is 0. The molecule has 0 amide bonds. The second-order valence-electron chi connectivity index (χ2n) is 11.8. The number of unbranched alkanes of at least 4 members (excludes halogenated alkanes) is 27. The average Bonchev–Trinajstić information content (AvgIpc) is 2.86. The molecule has 0 aliphatic heterocycles. The molecule has 0 aliphatic rings. The van der Waals surface area contributed by atoms with Crippen molar-refractivity contribution in [3.8, 4) is 0 Å². The van der Waals surface area contributed by atoms with Crippen molar-refractivity contribution in [3.05, 3.63) is 0 Å². The molecule has 220 valence electrons. The van der Waals surface area contributed by atoms with E-state index in [1.54, 1.807) is 0 Å². The van der Waals surface area contributed by atoms with E-state index in [-0.39, 0.29) is 12.4 Å². The van der Waals surface area contributed by atoms with Crippen molar-refractivity contribution in [2.45, 2.75) is 200 Å². The molecule has 0 fully saturated rings. The third-order valence-corrected chi connectivity index (χ3v) is 8.04. The Morgan fingerprint density at radius 2 is 0.444 bits per heavy atom. The summed E-state index contributed by atoms with van der Waals surface area (Å²) in [4.78, 5) is 2.59. The van der Waals surface area contributed by atoms with Gasteiger partial charge in [-0.3, -0.25) is 0 Å². The van der Waals surface area contributed by atoms with Gasteiger partial charge in [-0.25, -0.2) is 0 Å². The highest BCUT2D eigenvalue weighted by molar-refractivity contribution is 5.85. The van der Waals surface area contributed by atoms with Crippen LogP contribution in [0.15, 0.2) is 0 Å². The lowest BCUT2D eigenvalue weighted by Crippen LogP contribution is -2.20. The van der Waals surface area contributed by atoms with Gasteiger partial charge in [0.2, 0.25) is 0 Å². The van der Waals surface area contributed by atoms with Gasteiger partial charge in [0, 0.05) is 0 Å². The molecule has 0 bridgehead atoms. The quantitative estimate of drug-likeness (QED) is 0.0806. The molecule has 0 rings (SSSR count). The normalized spacial score (nSPS) is 11.3. The van der Waals surface area contributed by atoms with Crippen molar-refractivity contribution in [2.24, 2.45) is 0 Å². The average molecular weight is 530 g/mol. The summed E-state index contributed by atoms with van der Waals surface area (Å²) in [7, 11) is 2.34. The Morgan fingerprint density at radius 3 is 0.639 bits per heavy atom. The van der Waals surface area contributed by atoms with Crippen LogP contribution < -0.4 is 0 Å². The standard InChI is InChI=1S/C34H71N.ClH/c1-4-6-8-10-12-14-16-18-20-22-24-26-28-30-32-34-35(3)33-31-29-27-25-23-21-19-17-15-13-11-9-7-5-2;/h4-34H2,1-3H3;1H. The molecule has 0 aromatic heterocycles. The zero-order chi connectivity index (χ0) is 25.5. The maximum absolute atomic E-state index is 2.59. The van der Waals surface area contributed by atoms with E-state index in [0.29, 0.717) is 0 Å². The smallest absolute Gasteiger partial charge is 0.00218 e. The van der Waals surface area contributed by atoms with Gasteiger partial charge < -0.3 is 4.90 Å². The molecular formula is C34H72ClN. The summed E-state index contributed by atoms with van der Waals surface area (Å²) in [6.07, 6.45) is 42.3. The molecule has 1 nitrogen and oxygen atoms in total. The van der Waals surface area contributed by atoms with Gasteiger partial charge in [0.15, 0.2) is 0 Å². The number of halogens is 1. The van der Waals surface area contributed by atoms with E-state index in [2.05, 4.69) is 25.8 Å². The molecule has 0 unspecified atom stereocenters. The van der Waals surface area contributed by atoms with Gasteiger partial charge in [-0.05, 0) is 33.0 Å². The number of nitrogens with zero attached hydrogens (tertiary/aromatic N) is 1. The van der Waals surface area contributed by atoms with Gasteiger partial charge in [0.05, 0.1) is 0 Å². The zero-order valence-electron chi connectivity index (χ0n) is 25.8. The van der Waals surface area contributed by atoms with E-state index < -0.39 is 0 Å². The Balaban J connectivity index is 0. The highest BCUT2D eigenvalue weighted by atomic mass is 35.5. The minimum absolute atomic E-state index is 0. The maximum atomic E-state index is 2.59. The van der Waals surface area contributed by atoms with Gasteiger partial charge >= 0.3 is 0 Å². The molecular weight excluding hydrogens is 458 g/mol. The second kappa shape index (κ2) is 35.2. The fourth-order valence-electron chi connectivity index (χ4n) is 5.44. The first-order chi connectivity index (χ1) is 17.3. The van der Waals surface area contributed by atoms with Gasteiger partial charge in [0.1, 0.15) is 0 Å². The van der Waals surface area contributed by atoms with E-state index in [4.69, 9.17) is 0 Å². The fourth-order valence-corrected chi connectivity index (χ4v) is 5.44. The van der Waals surface area contributed by atoms with Gasteiger partial charge in [0.25, 0.3) is 0 Å². The molecule has 0 atom stereocenters. The molecule has 0 spiro atoms. The van der Waals surface area contributed by atoms with Crippen LogP contribution in [0.2, 0.25) is 0 Å². The molecule has 0 saturated heterocycles. The molecule has 0 aromatic rings. The Kier molecular flexibility index (Phi) is 37.6. The van der Waals surface area contributed by atoms with Crippen LogP contribution in [0.4, 0.5) is 0 Å². The van der Waals surface area contributed by atoms with Crippen LogP contribution in [0.5, 0.6) is 0 Å². The van der Waals surface area contributed by atoms with Gasteiger partial charge in [-0.1, -0.05) is 187 Å². The largest absolute Gasteiger partial charge is 0.306 e. The molecule has 0 N–H and O–H groups in total. The van der Waals surface area contributed by atoms with Crippen LogP contribution in [0.25, 0.3) is 0 Å². The predicted octanol–water partition coefficient (Wildman–Crippen LogP) is 12.7. The van der Waals surface area contributed by atoms with Crippen LogP contribution in [-0.4, -0.2) is 25.0 Å². The van der Waals surface area contributed by atoms with Crippen molar-refractivity contribution in [1.29, 1.82) is 0 Å². The number of hydrogen-bond donors (Lipinski definition) is 0. The Labute approximate surface area is 237 Å². The minimum atomic E-state index is 0. The van der Waals surface area contributed by atoms with Gasteiger partial charge in [-0.15, -0.1) is 12.4 Å². The van der Waals surface area contributed by atoms with Crippen molar-refractivity contribution in [3.63, 3.8) is 0 Å². The highest BCUT2D eigenvalue weighted by Gasteiger charge is 2.00. The fraction of sp³-hybridized carbons (Fsp3) is 1.00. The molecule has 0 heterocycles. The molecule has 0 aromatic carbocycles. The van der Waals surface area contributed by atoms with Crippen LogP contribution in [-0.2, 0) is 0 Å². The first-order valence-corrected chi connectivity index (χ1v) is 17.0. The van der Waals surface area contributed by atoms with E-state index in [1.165, 1.54) is 199 Å². The van der Waals surface area contributed by atoms with Crippen LogP contribution >= 0.6 is 12.4 Å². The van der Waals surface area contributed by atoms with Crippen molar-refractivity contribution in [1.82, 2.24) is 4.90 Å². The van der Waals surface area contributed by atoms with E-state index in [0.717, 1.165) is 0 Å². The van der Waals surface area contributed by atoms with E-state index in [9.17, 15) is 0 Å². The molecule has 0 saturated carbocycles. The SMILES string of the molecule is CCCCCCCCCCCCCCCCCN(C)CCCCCCCCCCCCCCCC.Cl. The lowest BCUT2D eigenvalue weighted by Gasteiger charge is -2.16. The lowest BCUT2D eigenvalue weighted by molar-refractivity contribution is 0.314. The van der Waals surface area contributed by atoms with E-state index >= 15 is 0 Å². The van der Waals surface area contributed by atoms with Crippen LogP contribution in [0, 0.1) is 0 Å². The predicted molar refractivity (Wildman–Crippen MR) is 170 cm³/mol. The zero-order valence-corrected chi connectivity index (χ0v) is 26.6. The summed E-state index contributed by atoms with van der Waals surface area (Å²) in [5, 5.41) is 0. The van der Waals surface area contributed by atoms with Gasteiger partial charge in [-0.2, -0.15) is 0 Å². The lowest BCUT2D eigenvalue weighted by atomic mass is 10.0. The molecule has 0 radical (unpaired) electrons. The highest BCUT2D eigenvalue weighted by Crippen LogP contribution is 2.15. The van der Waals surface area contributed by atoms with Crippen LogP contribution in [0.3, 0.4) is 0 Å². The summed E-state index contributed by atoms with van der Waals surface area (Å²) < 4.78 is 0. The first kappa shape index (κ1) is 38.4. The van der Waals surface area contributed by atoms with Crippen LogP contribution in [0.1, 0.15) is 200 Å². The third-order valence-electron chi connectivity index (χ3n) is 8.04. The molecule has 2 heteroatoms. The Morgan fingerprint density at radius 1 is 0.278 bits per heavy atom. The number of rotatable bonds is 31. The summed E-state index contributed by atoms with van der Waals surface area (Å²) >= 11 is 0. The maximum Gasteiger partial charge on any atom is -0.00218 e. The number of hydrogen-bond acceptors (Lipinski definition) is 1. The topological polar surface area (TPSA) is 3.24 Å². The van der Waals surface area contributed by atoms with Crippen molar-refractivity contribution in [2.75, 3.05) is 20.1 Å². The van der Waals surface area contributed by atoms with Crippen molar-refractivity contribution < 1.29 is 0 Å². The third kappa shape index (κ3) is 34.2. The summed E-state index contributed by atoms with van der Waals surface area (Å²) in [6.45, 7) is 7.24. The molecule has 0 aliphatic carbocycles. The van der Waals surface area contributed by atoms with Crippen molar-refractivity contribution >= 4 is 12.4 Å². The summed E-state index contributed by atoms with van der Waals surface area (Å²) in [5.41, 5.74) is 0. The van der Waals surface area contributed by atoms with E-state index in [1.807, 2.05) is 0 Å². The second-order valence-corrected chi connectivity index (χ2v) is 11.8. The molecule has 36 heavy (non-hydrogen) atoms. The first-order valence-electron chi connectivity index (χ1n) is 17.0. The summed E-state index contributed by atoms with van der Waals surface area (Å²) in [5.74, 6) is 0. The monoisotopic (exact) mass is 530 g/mol. The Hall–Kier alpha value is 0.250. The Bertz CT molecular complexity index is 359.